The van der Waals surface area contributed by atoms with Gasteiger partial charge < -0.3 is 38.5 Å². The van der Waals surface area contributed by atoms with Crippen molar-refractivity contribution < 1.29 is 46.9 Å². The Morgan fingerprint density at radius 3 is 1.06 bits per heavy atom. The highest BCUT2D eigenvalue weighted by atomic mass is 19.1. The summed E-state index contributed by atoms with van der Waals surface area (Å²) in [7, 11) is 0. The second kappa shape index (κ2) is 36.9. The molecule has 30 nitrogen and oxygen atoms in total. The first-order valence-electron chi connectivity index (χ1n) is 42.0. The highest BCUT2D eigenvalue weighted by molar-refractivity contribution is 6.02. The molecule has 24 rings (SSSR count). The van der Waals surface area contributed by atoms with Crippen molar-refractivity contribution in [2.75, 3.05) is 26.2 Å². The van der Waals surface area contributed by atoms with Crippen molar-refractivity contribution in [3.63, 3.8) is 0 Å². The first-order chi connectivity index (χ1) is 60.3. The van der Waals surface area contributed by atoms with Crippen LogP contribution in [0.5, 0.6) is 23.5 Å². The normalized spacial score (nSPS) is 22.4. The lowest BCUT2D eigenvalue weighted by atomic mass is 9.77. The SMILES string of the molecule is Cc1cnc(-c2ncccn2)c(C(=O)N2CC3CCC2C(Oc2cnc(C)cn2)C3)c1.Cc1cnc(OC2CC3CCC2N(C(=O)c2cc(F)ccc2-c2ncccn2)C3)cn1.Cc1cnc(OC2CC3CCC2N(C(=O)c2ccc(F)cc2-c2ncccn2)C3)cn1.Cc1cnc(OC2CC3CCC2N(C(=O)c2nc(C)ccc2-c2ncccn2)C3)cn1. The summed E-state index contributed by atoms with van der Waals surface area (Å²) in [5, 5.41) is 0. The highest BCUT2D eigenvalue weighted by Gasteiger charge is 2.50. The van der Waals surface area contributed by atoms with E-state index in [1.807, 2.05) is 79.3 Å². The van der Waals surface area contributed by atoms with Crippen LogP contribution in [0.2, 0.25) is 0 Å². The van der Waals surface area contributed by atoms with Gasteiger partial charge in [0.15, 0.2) is 23.3 Å². The summed E-state index contributed by atoms with van der Waals surface area (Å²) in [6.45, 7) is 14.1. The number of carbonyl (C=O) groups is 4. The van der Waals surface area contributed by atoms with Crippen molar-refractivity contribution in [3.05, 3.63) is 252 Å². The van der Waals surface area contributed by atoms with E-state index >= 15 is 0 Å². The van der Waals surface area contributed by atoms with Crippen molar-refractivity contribution in [3.8, 4) is 69.2 Å². The zero-order chi connectivity index (χ0) is 85.5. The predicted molar refractivity (Wildman–Crippen MR) is 448 cm³/mol. The third-order valence-electron chi connectivity index (χ3n) is 24.2. The molecule has 124 heavy (non-hydrogen) atoms. The minimum absolute atomic E-state index is 0.00865. The number of halogens is 2. The number of aromatic nitrogens is 18. The number of ether oxygens (including phenoxy) is 4. The summed E-state index contributed by atoms with van der Waals surface area (Å²) in [6.07, 6.45) is 38.9. The molecule has 0 spiro atoms. The fourth-order valence-electron chi connectivity index (χ4n) is 18.3. The summed E-state index contributed by atoms with van der Waals surface area (Å²) < 4.78 is 52.8. The van der Waals surface area contributed by atoms with Gasteiger partial charge in [-0.2, -0.15) is 0 Å². The van der Waals surface area contributed by atoms with Gasteiger partial charge in [0, 0.05) is 98.8 Å². The number of hydrogen-bond donors (Lipinski definition) is 0. The zero-order valence-electron chi connectivity index (χ0n) is 69.4. The smallest absolute Gasteiger partial charge is 0.273 e. The second-order valence-corrected chi connectivity index (χ2v) is 32.9. The number of piperidine rings is 8. The molecule has 2 aromatic carbocycles. The average Bonchev–Trinajstić information content (AvgIpc) is 0.777. The van der Waals surface area contributed by atoms with Crippen LogP contribution in [0.1, 0.15) is 153 Å². The third kappa shape index (κ3) is 18.7. The Labute approximate surface area is 714 Å². The molecule has 18 heterocycles. The molecular formula is C92H92F2N22O8. The van der Waals surface area contributed by atoms with E-state index in [9.17, 15) is 28.0 Å². The molecule has 0 N–H and O–H groups in total. The van der Waals surface area contributed by atoms with Gasteiger partial charge in [0.05, 0.1) is 119 Å². The average molecular weight is 1670 g/mol. The van der Waals surface area contributed by atoms with E-state index in [1.54, 1.807) is 136 Å². The Morgan fingerprint density at radius 2 is 0.661 bits per heavy atom. The van der Waals surface area contributed by atoms with Crippen LogP contribution >= 0.6 is 0 Å². The molecule has 12 fully saturated rings. The molecule has 4 saturated carbocycles. The van der Waals surface area contributed by atoms with Crippen LogP contribution in [0.15, 0.2) is 184 Å². The lowest BCUT2D eigenvalue weighted by Crippen LogP contribution is -2.59. The molecule has 8 aliphatic heterocycles. The maximum atomic E-state index is 14.1. The third-order valence-corrected chi connectivity index (χ3v) is 24.2. The van der Waals surface area contributed by atoms with Gasteiger partial charge in [-0.3, -0.25) is 44.1 Å². The summed E-state index contributed by atoms with van der Waals surface area (Å²) in [6, 6.07) is 20.6. The van der Waals surface area contributed by atoms with Gasteiger partial charge in [-0.1, -0.05) is 0 Å². The van der Waals surface area contributed by atoms with Crippen LogP contribution in [0.3, 0.4) is 0 Å². The molecule has 8 saturated heterocycles. The monoisotopic (exact) mass is 1670 g/mol. The van der Waals surface area contributed by atoms with E-state index in [4.69, 9.17) is 18.9 Å². The Bertz CT molecular complexity index is 5360. The molecule has 12 atom stereocenters. The molecule has 12 aliphatic rings. The first kappa shape index (κ1) is 82.6. The van der Waals surface area contributed by atoms with Gasteiger partial charge in [0.1, 0.15) is 47.4 Å². The van der Waals surface area contributed by atoms with Crippen LogP contribution in [0, 0.1) is 76.8 Å². The number of hydrogen-bond acceptors (Lipinski definition) is 26. The van der Waals surface area contributed by atoms with E-state index in [-0.39, 0.29) is 77.8 Å². The number of fused-ring (bicyclic) bond motifs is 12. The van der Waals surface area contributed by atoms with Gasteiger partial charge in [-0.25, -0.2) is 73.6 Å². The van der Waals surface area contributed by atoms with Crippen LogP contribution in [0.4, 0.5) is 8.78 Å². The lowest BCUT2D eigenvalue weighted by molar-refractivity contribution is -0.0317. The Kier molecular flexibility index (Phi) is 24.6. The maximum absolute atomic E-state index is 14.1. The minimum Gasteiger partial charge on any atom is -0.471 e. The van der Waals surface area contributed by atoms with E-state index in [0.717, 1.165) is 118 Å². The first-order valence-corrected chi connectivity index (χ1v) is 42.0. The van der Waals surface area contributed by atoms with Gasteiger partial charge in [-0.05, 0) is 227 Å². The topological polar surface area (TPSA) is 350 Å². The van der Waals surface area contributed by atoms with Gasteiger partial charge in [0.25, 0.3) is 23.6 Å². The van der Waals surface area contributed by atoms with Crippen molar-refractivity contribution in [1.82, 2.24) is 109 Å². The lowest BCUT2D eigenvalue weighted by Gasteiger charge is -2.49. The number of pyridine rings is 2. The summed E-state index contributed by atoms with van der Waals surface area (Å²) >= 11 is 0. The van der Waals surface area contributed by atoms with E-state index in [1.165, 1.54) is 30.3 Å². The summed E-state index contributed by atoms with van der Waals surface area (Å²) in [5.41, 5.74) is 8.72. The molecule has 32 heteroatoms. The maximum Gasteiger partial charge on any atom is 0.273 e. The largest absolute Gasteiger partial charge is 0.471 e. The standard InChI is InChI=1S/2C23H22FN5O2.2C23H24N6O2/c1-14-11-28-21(12-27-14)31-20-9-15-3-6-19(20)29(13-15)23(30)17-5-4-16(24)10-18(17)22-25-7-2-8-26-22;1-14-11-28-21(12-27-14)31-20-9-15-3-6-19(20)29(13-15)23(30)18-10-16(24)4-5-17(18)22-25-7-2-8-26-22;1-14-4-6-17(22-24-8-3-9-25-22)21(28-14)23(30)29-13-16-5-7-18(29)19(10-16)31-20-12-26-15(2)11-27-20;1-14-8-17(21(28-10-14)22-24-6-3-7-25-22)23(30)29-13-16-4-5-18(29)19(9-16)31-20-12-26-15(2)11-27-20/h2*2,4-5,7-8,10-12,15,19-20H,3,6,9,13H2,1H3;3-4,6,8-9,11-12,16,18-19H,5,7,10,13H2,1-2H3;3,6-8,10-12,16,18-19H,4-5,9,13H2,1-2H3. The summed E-state index contributed by atoms with van der Waals surface area (Å²) in [4.78, 5) is 140. The molecule has 632 valence electrons. The van der Waals surface area contributed by atoms with E-state index < -0.39 is 11.6 Å². The van der Waals surface area contributed by atoms with Crippen LogP contribution in [-0.2, 0) is 0 Å². The molecule has 10 aromatic heterocycles. The number of carbonyl (C=O) groups excluding carboxylic acids is 4. The molecule has 4 aliphatic carbocycles. The number of aryl methyl sites for hydroxylation is 6. The molecule has 8 bridgehead atoms. The number of nitrogens with zero attached hydrogens (tertiary/aromatic N) is 22. The van der Waals surface area contributed by atoms with E-state index in [2.05, 4.69) is 89.7 Å². The highest BCUT2D eigenvalue weighted by Crippen LogP contribution is 2.44. The number of rotatable bonds is 16. The fraction of sp³-hybridized carbons (Fsp3) is 0.370. The number of benzene rings is 2. The molecule has 12 unspecified atom stereocenters. The van der Waals surface area contributed by atoms with Crippen molar-refractivity contribution in [1.29, 1.82) is 0 Å². The molecule has 0 radical (unpaired) electrons. The Morgan fingerprint density at radius 1 is 0.315 bits per heavy atom. The minimum atomic E-state index is -0.465. The molecular weight excluding hydrogens is 1580 g/mol. The van der Waals surface area contributed by atoms with Crippen LogP contribution in [0.25, 0.3) is 45.7 Å². The number of amides is 4. The van der Waals surface area contributed by atoms with Crippen molar-refractivity contribution >= 4 is 23.6 Å². The molecule has 4 amide bonds. The Balaban J connectivity index is 0.000000117. The summed E-state index contributed by atoms with van der Waals surface area (Å²) in [5.74, 6) is 3.71. The fourth-order valence-corrected chi connectivity index (χ4v) is 18.3. The van der Waals surface area contributed by atoms with Crippen LogP contribution < -0.4 is 18.9 Å². The molecule has 12 aromatic rings. The van der Waals surface area contributed by atoms with E-state index in [0.29, 0.717) is 129 Å². The predicted octanol–water partition coefficient (Wildman–Crippen LogP) is 12.9. The van der Waals surface area contributed by atoms with Crippen molar-refractivity contribution in [2.24, 2.45) is 23.7 Å². The quantitative estimate of drug-likeness (QED) is 0.0867. The van der Waals surface area contributed by atoms with Crippen molar-refractivity contribution in [2.45, 2.75) is 167 Å². The van der Waals surface area contributed by atoms with Crippen LogP contribution in [-0.4, -0.2) is 208 Å². The van der Waals surface area contributed by atoms with Gasteiger partial charge in [0.2, 0.25) is 23.5 Å². The second-order valence-electron chi connectivity index (χ2n) is 32.9. The Hall–Kier alpha value is -13.7. The van der Waals surface area contributed by atoms with Gasteiger partial charge >= 0.3 is 0 Å². The zero-order valence-corrected chi connectivity index (χ0v) is 69.4. The van der Waals surface area contributed by atoms with Gasteiger partial charge in [-0.15, -0.1) is 0 Å².